The van der Waals surface area contributed by atoms with Crippen LogP contribution in [0.25, 0.3) is 0 Å². The van der Waals surface area contributed by atoms with Gasteiger partial charge in [0, 0.05) is 19.4 Å². The molecule has 0 heterocycles. The molecule has 60 heavy (non-hydrogen) atoms. The second-order valence-electron chi connectivity index (χ2n) is 18.9. The molecule has 1 aliphatic carbocycles. The van der Waals surface area contributed by atoms with Crippen LogP contribution >= 0.6 is 0 Å². The van der Waals surface area contributed by atoms with Crippen molar-refractivity contribution >= 4 is 22.0 Å². The predicted molar refractivity (Wildman–Crippen MR) is 255 cm³/mol. The van der Waals surface area contributed by atoms with E-state index < -0.39 is 14.8 Å². The molecule has 1 rings (SSSR count). The average Bonchev–Trinajstić information content (AvgIpc) is 4.00. The molecule has 0 amide bonds. The normalized spacial score (nSPS) is 14.2. The van der Waals surface area contributed by atoms with Gasteiger partial charge in [-0.2, -0.15) is 0 Å². The number of carbonyl (C=O) groups excluding carboxylic acids is 2. The Hall–Kier alpha value is -1.19. The van der Waals surface area contributed by atoms with Crippen LogP contribution in [0.4, 0.5) is 0 Å². The first-order valence-electron chi connectivity index (χ1n) is 26.2. The molecule has 1 saturated carbocycles. The molecule has 0 aromatic heterocycles. The van der Waals surface area contributed by atoms with Crippen molar-refractivity contribution in [1.29, 1.82) is 0 Å². The first kappa shape index (κ1) is 56.8. The van der Waals surface area contributed by atoms with Crippen LogP contribution in [0.5, 0.6) is 0 Å². The SMILES string of the molecule is CCCCCCCCC(CC)OC(=O)CCCCCCCN(CCCCCCCC(=O)OC(CCCCCCCC)CCCCCCCC)CCCNS(=O)(=O)C1(C)CC1. The van der Waals surface area contributed by atoms with Crippen molar-refractivity contribution < 1.29 is 27.5 Å². The van der Waals surface area contributed by atoms with Crippen molar-refractivity contribution in [3.05, 3.63) is 0 Å². The summed E-state index contributed by atoms with van der Waals surface area (Å²) in [4.78, 5) is 27.9. The molecule has 0 bridgehead atoms. The van der Waals surface area contributed by atoms with Crippen molar-refractivity contribution in [1.82, 2.24) is 9.62 Å². The van der Waals surface area contributed by atoms with Gasteiger partial charge in [-0.3, -0.25) is 9.59 Å². The summed E-state index contributed by atoms with van der Waals surface area (Å²) in [5, 5.41) is 0. The largest absolute Gasteiger partial charge is 0.462 e. The minimum Gasteiger partial charge on any atom is -0.462 e. The fourth-order valence-electron chi connectivity index (χ4n) is 8.29. The van der Waals surface area contributed by atoms with E-state index >= 15 is 0 Å². The van der Waals surface area contributed by atoms with Gasteiger partial charge in [-0.25, -0.2) is 13.1 Å². The Morgan fingerprint density at radius 1 is 0.500 bits per heavy atom. The number of rotatable bonds is 46. The molecule has 1 fully saturated rings. The fraction of sp³-hybridized carbons (Fsp3) is 0.961. The second-order valence-corrected chi connectivity index (χ2v) is 21.2. The minimum absolute atomic E-state index is 0.00156. The van der Waals surface area contributed by atoms with Gasteiger partial charge in [0.05, 0.1) is 4.75 Å². The zero-order chi connectivity index (χ0) is 44.0. The van der Waals surface area contributed by atoms with Crippen LogP contribution < -0.4 is 4.72 Å². The third-order valence-electron chi connectivity index (χ3n) is 12.9. The van der Waals surface area contributed by atoms with Crippen LogP contribution in [-0.2, 0) is 29.1 Å². The third kappa shape index (κ3) is 31.6. The lowest BCUT2D eigenvalue weighted by atomic mass is 10.0. The number of ether oxygens (including phenoxy) is 2. The van der Waals surface area contributed by atoms with E-state index in [9.17, 15) is 18.0 Å². The van der Waals surface area contributed by atoms with Crippen LogP contribution in [0.3, 0.4) is 0 Å². The number of esters is 2. The van der Waals surface area contributed by atoms with Gasteiger partial charge in [0.15, 0.2) is 0 Å². The predicted octanol–water partition coefficient (Wildman–Crippen LogP) is 14.3. The smallest absolute Gasteiger partial charge is 0.306 e. The van der Waals surface area contributed by atoms with E-state index in [1.807, 2.05) is 6.92 Å². The molecule has 356 valence electrons. The first-order valence-corrected chi connectivity index (χ1v) is 27.7. The first-order chi connectivity index (χ1) is 29.1. The molecule has 0 aromatic carbocycles. The number of hydrogen-bond acceptors (Lipinski definition) is 7. The molecule has 0 spiro atoms. The molecule has 0 radical (unpaired) electrons. The van der Waals surface area contributed by atoms with Gasteiger partial charge < -0.3 is 14.4 Å². The molecule has 8 nitrogen and oxygen atoms in total. The summed E-state index contributed by atoms with van der Waals surface area (Å²) < 4.78 is 39.4. The zero-order valence-electron chi connectivity index (χ0n) is 40.5. The summed E-state index contributed by atoms with van der Waals surface area (Å²) in [5.41, 5.74) is 0. The lowest BCUT2D eigenvalue weighted by Crippen LogP contribution is -2.36. The molecule has 1 aliphatic rings. The Balaban J connectivity index is 2.37. The van der Waals surface area contributed by atoms with Crippen molar-refractivity contribution in [2.45, 2.75) is 289 Å². The highest BCUT2D eigenvalue weighted by molar-refractivity contribution is 7.91. The summed E-state index contributed by atoms with van der Waals surface area (Å²) in [6.07, 6.45) is 41.0. The van der Waals surface area contributed by atoms with Gasteiger partial charge in [0.2, 0.25) is 10.0 Å². The maximum absolute atomic E-state index is 12.9. The van der Waals surface area contributed by atoms with E-state index in [-0.39, 0.29) is 24.1 Å². The van der Waals surface area contributed by atoms with E-state index in [1.165, 1.54) is 109 Å². The van der Waals surface area contributed by atoms with E-state index in [2.05, 4.69) is 37.3 Å². The van der Waals surface area contributed by atoms with Crippen molar-refractivity contribution in [2.75, 3.05) is 26.2 Å². The standard InChI is InChI=1S/C51H100N2O6S/c1-6-10-13-16-21-28-36-47(9-4)58-49(54)39-31-24-19-26-33-44-53(46-35-43-52-60(56,57)51(5)41-42-51)45-34-27-20-25-32-40-50(55)59-48(37-29-22-17-14-11-7-2)38-30-23-18-15-12-8-3/h47-48,52H,6-46H2,1-5H3. The van der Waals surface area contributed by atoms with Crippen LogP contribution in [-0.4, -0.2) is 68.4 Å². The van der Waals surface area contributed by atoms with Gasteiger partial charge in [-0.15, -0.1) is 0 Å². The number of sulfonamides is 1. The van der Waals surface area contributed by atoms with Crippen LogP contribution in [0, 0.1) is 0 Å². The molecular weight excluding hydrogens is 769 g/mol. The fourth-order valence-corrected chi connectivity index (χ4v) is 9.69. The maximum Gasteiger partial charge on any atom is 0.306 e. The monoisotopic (exact) mass is 869 g/mol. The van der Waals surface area contributed by atoms with Gasteiger partial charge in [-0.05, 0) is 116 Å². The Morgan fingerprint density at radius 3 is 1.27 bits per heavy atom. The van der Waals surface area contributed by atoms with Gasteiger partial charge in [0.25, 0.3) is 0 Å². The number of hydrogen-bond donors (Lipinski definition) is 1. The molecule has 9 heteroatoms. The number of nitrogens with one attached hydrogen (secondary N) is 1. The molecule has 1 N–H and O–H groups in total. The van der Waals surface area contributed by atoms with E-state index in [0.717, 1.165) is 135 Å². The van der Waals surface area contributed by atoms with E-state index in [0.29, 0.717) is 19.4 Å². The maximum atomic E-state index is 12.9. The lowest BCUT2D eigenvalue weighted by molar-refractivity contribution is -0.150. The number of carbonyl (C=O) groups is 2. The van der Waals surface area contributed by atoms with Crippen LogP contribution in [0.15, 0.2) is 0 Å². The zero-order valence-corrected chi connectivity index (χ0v) is 41.3. The highest BCUT2D eigenvalue weighted by Gasteiger charge is 2.49. The second kappa shape index (κ2) is 38.3. The molecule has 0 saturated heterocycles. The quantitative estimate of drug-likeness (QED) is 0.0480. The average molecular weight is 869 g/mol. The summed E-state index contributed by atoms with van der Waals surface area (Å²) >= 11 is 0. The molecule has 1 unspecified atom stereocenters. The Kier molecular flexibility index (Phi) is 36.3. The molecule has 0 aromatic rings. The molecule has 0 aliphatic heterocycles. The Labute approximate surface area is 373 Å². The van der Waals surface area contributed by atoms with Crippen molar-refractivity contribution in [3.8, 4) is 0 Å². The third-order valence-corrected chi connectivity index (χ3v) is 15.2. The molecule has 1 atom stereocenters. The highest BCUT2D eigenvalue weighted by atomic mass is 32.2. The van der Waals surface area contributed by atoms with Crippen molar-refractivity contribution in [2.24, 2.45) is 0 Å². The molecular formula is C51H100N2O6S. The lowest BCUT2D eigenvalue weighted by Gasteiger charge is -2.23. The highest BCUT2D eigenvalue weighted by Crippen LogP contribution is 2.42. The van der Waals surface area contributed by atoms with Crippen LogP contribution in [0.2, 0.25) is 0 Å². The summed E-state index contributed by atoms with van der Waals surface area (Å²) in [7, 11) is -3.23. The number of unbranched alkanes of at least 4 members (excludes halogenated alkanes) is 23. The van der Waals surface area contributed by atoms with Gasteiger partial charge in [0.1, 0.15) is 12.2 Å². The van der Waals surface area contributed by atoms with Gasteiger partial charge >= 0.3 is 11.9 Å². The summed E-state index contributed by atoms with van der Waals surface area (Å²) in [6, 6.07) is 0. The topological polar surface area (TPSA) is 102 Å². The number of nitrogens with zero attached hydrogens (tertiary/aromatic N) is 1. The van der Waals surface area contributed by atoms with Crippen LogP contribution in [0.1, 0.15) is 272 Å². The van der Waals surface area contributed by atoms with E-state index in [1.54, 1.807) is 0 Å². The minimum atomic E-state index is -3.23. The Bertz CT molecular complexity index is 1100. The van der Waals surface area contributed by atoms with Crippen molar-refractivity contribution in [3.63, 3.8) is 0 Å². The van der Waals surface area contributed by atoms with Gasteiger partial charge in [-0.1, -0.05) is 163 Å². The summed E-state index contributed by atoms with van der Waals surface area (Å²) in [6.45, 7) is 14.2. The van der Waals surface area contributed by atoms with E-state index in [4.69, 9.17) is 9.47 Å². The Morgan fingerprint density at radius 2 is 0.850 bits per heavy atom. The summed E-state index contributed by atoms with van der Waals surface area (Å²) in [5.74, 6) is -0.0326.